The van der Waals surface area contributed by atoms with Crippen LogP contribution in [-0.2, 0) is 6.42 Å². The van der Waals surface area contributed by atoms with Gasteiger partial charge in [0.1, 0.15) is 5.75 Å². The highest BCUT2D eigenvalue weighted by atomic mass is 16.5. The number of likely N-dealkylation sites (tertiary alicyclic amines) is 1. The predicted octanol–water partition coefficient (Wildman–Crippen LogP) is 1.79. The molecule has 1 aromatic carbocycles. The molecule has 2 rings (SSSR count). The van der Waals surface area contributed by atoms with E-state index in [-0.39, 0.29) is 12.1 Å². The Morgan fingerprint density at radius 2 is 2.29 bits per heavy atom. The first kappa shape index (κ1) is 15.6. The lowest BCUT2D eigenvalue weighted by Crippen LogP contribution is -2.47. The summed E-state index contributed by atoms with van der Waals surface area (Å²) >= 11 is 0. The molecule has 21 heavy (non-hydrogen) atoms. The van der Waals surface area contributed by atoms with Crippen molar-refractivity contribution in [1.82, 2.24) is 10.2 Å². The summed E-state index contributed by atoms with van der Waals surface area (Å²) in [6.07, 6.45) is 1.99. The molecule has 0 radical (unpaired) electrons. The molecule has 1 aliphatic heterocycles. The number of hydrogen-bond donors (Lipinski definition) is 2. The van der Waals surface area contributed by atoms with Crippen molar-refractivity contribution in [2.75, 3.05) is 26.2 Å². The number of amides is 2. The second kappa shape index (κ2) is 7.88. The zero-order valence-corrected chi connectivity index (χ0v) is 12.5. The normalized spacial score (nSPS) is 18.4. The largest absolute Gasteiger partial charge is 0.494 e. The van der Waals surface area contributed by atoms with Crippen molar-refractivity contribution in [3.05, 3.63) is 29.8 Å². The standard InChI is InChI=1S/C16H24N2O3/c1-2-21-15-8-4-3-6-13(15)9-10-17-16(20)18-11-5-7-14(19)12-18/h3-4,6,8,14,19H,2,5,7,9-12H2,1H3,(H,17,20)/t14-/m0/s1. The van der Waals surface area contributed by atoms with Crippen LogP contribution in [0.1, 0.15) is 25.3 Å². The molecule has 1 saturated heterocycles. The van der Waals surface area contributed by atoms with Crippen LogP contribution in [-0.4, -0.2) is 48.4 Å². The maximum atomic E-state index is 12.0. The van der Waals surface area contributed by atoms with Crippen molar-refractivity contribution in [3.8, 4) is 5.75 Å². The molecule has 1 atom stereocenters. The lowest BCUT2D eigenvalue weighted by molar-refractivity contribution is 0.0843. The molecule has 0 aromatic heterocycles. The van der Waals surface area contributed by atoms with Gasteiger partial charge in [-0.3, -0.25) is 0 Å². The van der Waals surface area contributed by atoms with Gasteiger partial charge in [0.2, 0.25) is 0 Å². The molecule has 116 valence electrons. The topological polar surface area (TPSA) is 61.8 Å². The first-order valence-corrected chi connectivity index (χ1v) is 7.62. The third kappa shape index (κ3) is 4.63. The molecule has 1 aromatic rings. The minimum Gasteiger partial charge on any atom is -0.494 e. The average molecular weight is 292 g/mol. The number of nitrogens with zero attached hydrogens (tertiary/aromatic N) is 1. The highest BCUT2D eigenvalue weighted by Crippen LogP contribution is 2.18. The Kier molecular flexibility index (Phi) is 5.87. The average Bonchev–Trinajstić information content (AvgIpc) is 2.49. The number of urea groups is 1. The Bertz CT molecular complexity index is 465. The molecular formula is C16H24N2O3. The van der Waals surface area contributed by atoms with Gasteiger partial charge in [0, 0.05) is 19.6 Å². The van der Waals surface area contributed by atoms with Gasteiger partial charge in [0.05, 0.1) is 12.7 Å². The number of carbonyl (C=O) groups is 1. The van der Waals surface area contributed by atoms with E-state index in [4.69, 9.17) is 4.74 Å². The van der Waals surface area contributed by atoms with Gasteiger partial charge in [-0.05, 0) is 37.8 Å². The van der Waals surface area contributed by atoms with E-state index >= 15 is 0 Å². The summed E-state index contributed by atoms with van der Waals surface area (Å²) in [5, 5.41) is 12.5. The number of hydrogen-bond acceptors (Lipinski definition) is 3. The summed E-state index contributed by atoms with van der Waals surface area (Å²) in [6.45, 7) is 4.31. The molecule has 0 spiro atoms. The molecule has 5 nitrogen and oxygen atoms in total. The number of nitrogens with one attached hydrogen (secondary N) is 1. The molecule has 1 aliphatic rings. The van der Waals surface area contributed by atoms with E-state index in [2.05, 4.69) is 5.32 Å². The monoisotopic (exact) mass is 292 g/mol. The van der Waals surface area contributed by atoms with E-state index in [9.17, 15) is 9.90 Å². The summed E-state index contributed by atoms with van der Waals surface area (Å²) in [7, 11) is 0. The van der Waals surface area contributed by atoms with Crippen molar-refractivity contribution in [3.63, 3.8) is 0 Å². The Morgan fingerprint density at radius 3 is 3.05 bits per heavy atom. The molecule has 0 bridgehead atoms. The van der Waals surface area contributed by atoms with E-state index in [0.717, 1.165) is 37.1 Å². The zero-order chi connectivity index (χ0) is 15.1. The number of ether oxygens (including phenoxy) is 1. The van der Waals surface area contributed by atoms with Crippen molar-refractivity contribution in [1.29, 1.82) is 0 Å². The summed E-state index contributed by atoms with van der Waals surface area (Å²) in [5.74, 6) is 0.877. The number of carbonyl (C=O) groups excluding carboxylic acids is 1. The number of aliphatic hydroxyl groups is 1. The van der Waals surface area contributed by atoms with Crippen LogP contribution in [0.25, 0.3) is 0 Å². The van der Waals surface area contributed by atoms with Crippen molar-refractivity contribution < 1.29 is 14.6 Å². The molecule has 1 heterocycles. The van der Waals surface area contributed by atoms with Gasteiger partial charge >= 0.3 is 6.03 Å². The summed E-state index contributed by atoms with van der Waals surface area (Å²) in [5.41, 5.74) is 1.10. The van der Waals surface area contributed by atoms with Crippen LogP contribution in [0.5, 0.6) is 5.75 Å². The van der Waals surface area contributed by atoms with Gasteiger partial charge in [0.25, 0.3) is 0 Å². The predicted molar refractivity (Wildman–Crippen MR) is 81.5 cm³/mol. The summed E-state index contributed by atoms with van der Waals surface area (Å²) < 4.78 is 5.57. The number of β-amino-alcohol motifs (C(OH)–C–C–N with tert-alkyl or cyclic N) is 1. The molecular weight excluding hydrogens is 268 g/mol. The molecule has 0 aliphatic carbocycles. The Balaban J connectivity index is 1.80. The summed E-state index contributed by atoms with van der Waals surface area (Å²) in [4.78, 5) is 13.7. The summed E-state index contributed by atoms with van der Waals surface area (Å²) in [6, 6.07) is 7.79. The van der Waals surface area contributed by atoms with Crippen LogP contribution in [0.4, 0.5) is 4.79 Å². The lowest BCUT2D eigenvalue weighted by atomic mass is 10.1. The molecule has 2 N–H and O–H groups in total. The van der Waals surface area contributed by atoms with E-state index < -0.39 is 0 Å². The molecule has 0 unspecified atom stereocenters. The van der Waals surface area contributed by atoms with Crippen LogP contribution >= 0.6 is 0 Å². The molecule has 2 amide bonds. The molecule has 0 saturated carbocycles. The van der Waals surface area contributed by atoms with Crippen LogP contribution in [0, 0.1) is 0 Å². The minimum absolute atomic E-state index is 0.0948. The van der Waals surface area contributed by atoms with Gasteiger partial charge in [-0.25, -0.2) is 4.79 Å². The minimum atomic E-state index is -0.386. The second-order valence-electron chi connectivity index (χ2n) is 5.26. The van der Waals surface area contributed by atoms with Crippen molar-refractivity contribution >= 4 is 6.03 Å². The fourth-order valence-electron chi connectivity index (χ4n) is 2.56. The number of benzene rings is 1. The highest BCUT2D eigenvalue weighted by molar-refractivity contribution is 5.74. The number of aliphatic hydroxyl groups excluding tert-OH is 1. The molecule has 5 heteroatoms. The van der Waals surface area contributed by atoms with Crippen LogP contribution in [0.2, 0.25) is 0 Å². The maximum Gasteiger partial charge on any atom is 0.317 e. The van der Waals surface area contributed by atoms with Gasteiger partial charge in [-0.1, -0.05) is 18.2 Å². The van der Waals surface area contributed by atoms with Crippen LogP contribution in [0.3, 0.4) is 0 Å². The number of para-hydroxylation sites is 1. The maximum absolute atomic E-state index is 12.0. The van der Waals surface area contributed by atoms with Crippen molar-refractivity contribution in [2.24, 2.45) is 0 Å². The third-order valence-electron chi connectivity index (χ3n) is 3.63. The van der Waals surface area contributed by atoms with E-state index in [0.29, 0.717) is 19.7 Å². The van der Waals surface area contributed by atoms with E-state index in [1.807, 2.05) is 31.2 Å². The zero-order valence-electron chi connectivity index (χ0n) is 12.5. The Morgan fingerprint density at radius 1 is 1.48 bits per heavy atom. The van der Waals surface area contributed by atoms with Crippen molar-refractivity contribution in [2.45, 2.75) is 32.3 Å². The van der Waals surface area contributed by atoms with Gasteiger partial charge in [-0.15, -0.1) is 0 Å². The molecule has 1 fully saturated rings. The Labute approximate surface area is 125 Å². The van der Waals surface area contributed by atoms with Crippen LogP contribution in [0.15, 0.2) is 24.3 Å². The number of rotatable bonds is 5. The third-order valence-corrected chi connectivity index (χ3v) is 3.63. The highest BCUT2D eigenvalue weighted by Gasteiger charge is 2.21. The van der Waals surface area contributed by atoms with Gasteiger partial charge < -0.3 is 20.1 Å². The van der Waals surface area contributed by atoms with Gasteiger partial charge in [0.15, 0.2) is 0 Å². The first-order chi connectivity index (χ1) is 10.2. The second-order valence-corrected chi connectivity index (χ2v) is 5.26. The SMILES string of the molecule is CCOc1ccccc1CCNC(=O)N1CCC[C@H](O)C1. The fraction of sp³-hybridized carbons (Fsp3) is 0.562. The lowest BCUT2D eigenvalue weighted by Gasteiger charge is -2.30. The Hall–Kier alpha value is -1.75. The van der Waals surface area contributed by atoms with E-state index in [1.165, 1.54) is 0 Å². The van der Waals surface area contributed by atoms with E-state index in [1.54, 1.807) is 4.90 Å². The number of piperidine rings is 1. The fourth-order valence-corrected chi connectivity index (χ4v) is 2.56. The van der Waals surface area contributed by atoms with Gasteiger partial charge in [-0.2, -0.15) is 0 Å². The quantitative estimate of drug-likeness (QED) is 0.870. The van der Waals surface area contributed by atoms with Crippen LogP contribution < -0.4 is 10.1 Å². The first-order valence-electron chi connectivity index (χ1n) is 7.62. The smallest absolute Gasteiger partial charge is 0.317 e.